The van der Waals surface area contributed by atoms with Gasteiger partial charge in [-0.3, -0.25) is 4.90 Å². The van der Waals surface area contributed by atoms with Gasteiger partial charge in [-0.2, -0.15) is 0 Å². The van der Waals surface area contributed by atoms with E-state index in [2.05, 4.69) is 18.7 Å². The maximum absolute atomic E-state index is 6.25. The lowest BCUT2D eigenvalue weighted by Crippen LogP contribution is -2.57. The number of nitrogens with zero attached hydrogens (tertiary/aromatic N) is 1. The van der Waals surface area contributed by atoms with Gasteiger partial charge >= 0.3 is 0 Å². The van der Waals surface area contributed by atoms with Crippen LogP contribution in [0.1, 0.15) is 71.6 Å². The van der Waals surface area contributed by atoms with Crippen molar-refractivity contribution in [1.29, 1.82) is 0 Å². The molecule has 106 valence electrons. The number of rotatable bonds is 7. The maximum Gasteiger partial charge on any atom is 0.0337 e. The van der Waals surface area contributed by atoms with Gasteiger partial charge in [0, 0.05) is 18.1 Å². The lowest BCUT2D eigenvalue weighted by molar-refractivity contribution is 0.0266. The molecule has 0 heterocycles. The van der Waals surface area contributed by atoms with Crippen molar-refractivity contribution in [2.75, 3.05) is 13.1 Å². The lowest BCUT2D eigenvalue weighted by Gasteiger charge is -2.49. The molecule has 0 bridgehead atoms. The average molecular weight is 252 g/mol. The highest BCUT2D eigenvalue weighted by Gasteiger charge is 2.45. The summed E-state index contributed by atoms with van der Waals surface area (Å²) >= 11 is 0. The van der Waals surface area contributed by atoms with E-state index in [-0.39, 0.29) is 0 Å². The fourth-order valence-electron chi connectivity index (χ4n) is 3.89. The molecule has 0 aromatic heterocycles. The van der Waals surface area contributed by atoms with Gasteiger partial charge in [0.05, 0.1) is 0 Å². The minimum absolute atomic E-state index is 0.356. The Morgan fingerprint density at radius 2 is 2.00 bits per heavy atom. The highest BCUT2D eigenvalue weighted by atomic mass is 15.3. The molecule has 0 spiro atoms. The molecule has 2 unspecified atom stereocenters. The summed E-state index contributed by atoms with van der Waals surface area (Å²) in [6, 6.07) is 0.871. The quantitative estimate of drug-likeness (QED) is 0.751. The predicted molar refractivity (Wildman–Crippen MR) is 78.7 cm³/mol. The molecule has 0 saturated heterocycles. The van der Waals surface area contributed by atoms with Crippen LogP contribution >= 0.6 is 0 Å². The van der Waals surface area contributed by atoms with Crippen LogP contribution in [0.5, 0.6) is 0 Å². The SMILES string of the molecule is CCCCN(C1CC1)C1(CN)CCCC(CC)C1. The normalized spacial score (nSPS) is 33.0. The van der Waals surface area contributed by atoms with Crippen LogP contribution in [-0.4, -0.2) is 29.6 Å². The fourth-order valence-corrected chi connectivity index (χ4v) is 3.89. The van der Waals surface area contributed by atoms with Crippen molar-refractivity contribution in [2.45, 2.75) is 83.2 Å². The van der Waals surface area contributed by atoms with Crippen molar-refractivity contribution >= 4 is 0 Å². The number of hydrogen-bond acceptors (Lipinski definition) is 2. The van der Waals surface area contributed by atoms with Crippen molar-refractivity contribution in [3.63, 3.8) is 0 Å². The summed E-state index contributed by atoms with van der Waals surface area (Å²) in [6.45, 7) is 6.82. The standard InChI is InChI=1S/C16H32N2/c1-3-5-11-18(15-8-9-15)16(13-17)10-6-7-14(4-2)12-16/h14-15H,3-13,17H2,1-2H3. The zero-order valence-electron chi connectivity index (χ0n) is 12.5. The topological polar surface area (TPSA) is 29.3 Å². The maximum atomic E-state index is 6.25. The summed E-state index contributed by atoms with van der Waals surface area (Å²) in [5, 5.41) is 0. The minimum atomic E-state index is 0.356. The van der Waals surface area contributed by atoms with E-state index in [9.17, 15) is 0 Å². The first-order valence-corrected chi connectivity index (χ1v) is 8.22. The Morgan fingerprint density at radius 3 is 2.56 bits per heavy atom. The Labute approximate surface area is 113 Å². The van der Waals surface area contributed by atoms with E-state index in [0.717, 1.165) is 18.5 Å². The van der Waals surface area contributed by atoms with Gasteiger partial charge in [0.2, 0.25) is 0 Å². The summed E-state index contributed by atoms with van der Waals surface area (Å²) in [6.07, 6.45) is 12.4. The molecule has 0 aromatic rings. The lowest BCUT2D eigenvalue weighted by atomic mass is 9.73. The van der Waals surface area contributed by atoms with Crippen molar-refractivity contribution < 1.29 is 0 Å². The smallest absolute Gasteiger partial charge is 0.0337 e. The van der Waals surface area contributed by atoms with Crippen molar-refractivity contribution in [3.05, 3.63) is 0 Å². The monoisotopic (exact) mass is 252 g/mol. The molecule has 2 nitrogen and oxygen atoms in total. The van der Waals surface area contributed by atoms with Gasteiger partial charge in [-0.15, -0.1) is 0 Å². The van der Waals surface area contributed by atoms with Crippen LogP contribution < -0.4 is 5.73 Å². The molecule has 0 aromatic carbocycles. The van der Waals surface area contributed by atoms with Crippen LogP contribution in [-0.2, 0) is 0 Å². The molecule has 0 radical (unpaired) electrons. The third kappa shape index (κ3) is 3.08. The van der Waals surface area contributed by atoms with E-state index in [0.29, 0.717) is 5.54 Å². The largest absolute Gasteiger partial charge is 0.329 e. The number of nitrogens with two attached hydrogens (primary N) is 1. The van der Waals surface area contributed by atoms with Gasteiger partial charge in [0.1, 0.15) is 0 Å². The zero-order valence-corrected chi connectivity index (χ0v) is 12.5. The first kappa shape index (κ1) is 14.3. The third-order valence-corrected chi connectivity index (χ3v) is 5.23. The second kappa shape index (κ2) is 6.38. The van der Waals surface area contributed by atoms with Crippen LogP contribution in [0.4, 0.5) is 0 Å². The van der Waals surface area contributed by atoms with Crippen molar-refractivity contribution in [1.82, 2.24) is 4.90 Å². The summed E-state index contributed by atoms with van der Waals surface area (Å²) < 4.78 is 0. The Morgan fingerprint density at radius 1 is 1.22 bits per heavy atom. The second-order valence-corrected chi connectivity index (χ2v) is 6.58. The molecule has 2 aliphatic carbocycles. The first-order chi connectivity index (χ1) is 8.75. The molecule has 2 heteroatoms. The van der Waals surface area contributed by atoms with Gasteiger partial charge in [-0.05, 0) is 44.6 Å². The molecule has 2 atom stereocenters. The van der Waals surface area contributed by atoms with Crippen LogP contribution in [0.2, 0.25) is 0 Å². The zero-order chi connectivity index (χ0) is 13.0. The van der Waals surface area contributed by atoms with Gasteiger partial charge in [0.15, 0.2) is 0 Å². The van der Waals surface area contributed by atoms with Gasteiger partial charge in [0.25, 0.3) is 0 Å². The van der Waals surface area contributed by atoms with Gasteiger partial charge < -0.3 is 5.73 Å². The highest BCUT2D eigenvalue weighted by molar-refractivity contribution is 5.02. The number of hydrogen-bond donors (Lipinski definition) is 1. The molecule has 2 rings (SSSR count). The molecule has 2 aliphatic rings. The summed E-state index contributed by atoms with van der Waals surface area (Å²) in [5.74, 6) is 0.921. The van der Waals surface area contributed by atoms with E-state index in [4.69, 9.17) is 5.73 Å². The van der Waals surface area contributed by atoms with Crippen LogP contribution in [0.3, 0.4) is 0 Å². The molecule has 2 fully saturated rings. The van der Waals surface area contributed by atoms with Crippen LogP contribution in [0.25, 0.3) is 0 Å². The summed E-state index contributed by atoms with van der Waals surface area (Å²) in [4.78, 5) is 2.83. The molecule has 0 aliphatic heterocycles. The van der Waals surface area contributed by atoms with E-state index in [1.54, 1.807) is 0 Å². The average Bonchev–Trinajstić information content (AvgIpc) is 3.24. The van der Waals surface area contributed by atoms with E-state index in [1.807, 2.05) is 0 Å². The molecule has 18 heavy (non-hydrogen) atoms. The molecular formula is C16H32N2. The predicted octanol–water partition coefficient (Wildman–Crippen LogP) is 3.55. The van der Waals surface area contributed by atoms with Crippen molar-refractivity contribution in [2.24, 2.45) is 11.7 Å². The minimum Gasteiger partial charge on any atom is -0.329 e. The molecular weight excluding hydrogens is 220 g/mol. The fraction of sp³-hybridized carbons (Fsp3) is 1.00. The van der Waals surface area contributed by atoms with Crippen molar-refractivity contribution in [3.8, 4) is 0 Å². The van der Waals surface area contributed by atoms with E-state index < -0.39 is 0 Å². The van der Waals surface area contributed by atoms with Crippen LogP contribution in [0.15, 0.2) is 0 Å². The Hall–Kier alpha value is -0.0800. The Bertz CT molecular complexity index is 249. The van der Waals surface area contributed by atoms with Gasteiger partial charge in [-0.25, -0.2) is 0 Å². The van der Waals surface area contributed by atoms with E-state index in [1.165, 1.54) is 64.3 Å². The van der Waals surface area contributed by atoms with E-state index >= 15 is 0 Å². The molecule has 2 saturated carbocycles. The third-order valence-electron chi connectivity index (χ3n) is 5.23. The van der Waals surface area contributed by atoms with Crippen LogP contribution in [0, 0.1) is 5.92 Å². The van der Waals surface area contributed by atoms with Gasteiger partial charge in [-0.1, -0.05) is 39.5 Å². The molecule has 0 amide bonds. The Balaban J connectivity index is 2.06. The first-order valence-electron chi connectivity index (χ1n) is 8.22. The number of unbranched alkanes of at least 4 members (excludes halogenated alkanes) is 1. The molecule has 2 N–H and O–H groups in total. The summed E-state index contributed by atoms with van der Waals surface area (Å²) in [7, 11) is 0. The highest BCUT2D eigenvalue weighted by Crippen LogP contribution is 2.43. The Kier molecular flexibility index (Phi) is 5.08. The second-order valence-electron chi connectivity index (χ2n) is 6.58. The summed E-state index contributed by atoms with van der Waals surface area (Å²) in [5.41, 5.74) is 6.61.